The first-order chi connectivity index (χ1) is 10.2. The molecule has 0 bridgehead atoms. The summed E-state index contributed by atoms with van der Waals surface area (Å²) in [5.74, 6) is 1.61. The number of piperidine rings is 1. The van der Waals surface area contributed by atoms with Gasteiger partial charge in [0.05, 0.1) is 16.9 Å². The van der Waals surface area contributed by atoms with E-state index < -0.39 is 6.43 Å². The summed E-state index contributed by atoms with van der Waals surface area (Å²) in [6.07, 6.45) is 1.96. The summed E-state index contributed by atoms with van der Waals surface area (Å²) in [7, 11) is 0. The molecule has 0 atom stereocenters. The van der Waals surface area contributed by atoms with E-state index in [2.05, 4.69) is 15.1 Å². The molecule has 0 spiro atoms. The lowest BCUT2D eigenvalue weighted by molar-refractivity contribution is 0.0681. The number of hydrogen-bond acceptors (Lipinski definition) is 6. The number of aromatic nitrogens is 3. The zero-order chi connectivity index (χ0) is 14.7. The Morgan fingerprint density at radius 1 is 1.38 bits per heavy atom. The fourth-order valence-electron chi connectivity index (χ4n) is 2.58. The van der Waals surface area contributed by atoms with Gasteiger partial charge in [-0.1, -0.05) is 5.16 Å². The molecule has 0 unspecified atom stereocenters. The van der Waals surface area contributed by atoms with Crippen molar-refractivity contribution < 1.29 is 13.3 Å². The number of halogens is 2. The average Bonchev–Trinajstić information content (AvgIpc) is 3.11. The van der Waals surface area contributed by atoms with Crippen LogP contribution in [0.1, 0.15) is 18.7 Å². The highest BCUT2D eigenvalue weighted by Crippen LogP contribution is 2.24. The lowest BCUT2D eigenvalue weighted by atomic mass is 9.93. The highest BCUT2D eigenvalue weighted by atomic mass is 32.1. The Bertz CT molecular complexity index is 552. The average molecular weight is 314 g/mol. The van der Waals surface area contributed by atoms with Crippen LogP contribution in [-0.4, -0.2) is 46.1 Å². The van der Waals surface area contributed by atoms with E-state index in [1.165, 1.54) is 11.3 Å². The van der Waals surface area contributed by atoms with Gasteiger partial charge >= 0.3 is 0 Å². The molecule has 0 saturated carbocycles. The summed E-state index contributed by atoms with van der Waals surface area (Å²) in [5, 5.41) is 3.95. The maximum absolute atomic E-state index is 12.3. The molecule has 0 amide bonds. The summed E-state index contributed by atoms with van der Waals surface area (Å²) >= 11 is 1.47. The summed E-state index contributed by atoms with van der Waals surface area (Å²) in [4.78, 5) is 11.1. The lowest BCUT2D eigenvalue weighted by Crippen LogP contribution is -2.37. The molecule has 1 aliphatic heterocycles. The molecule has 2 aromatic rings. The van der Waals surface area contributed by atoms with Crippen LogP contribution < -0.4 is 0 Å². The van der Waals surface area contributed by atoms with E-state index in [0.29, 0.717) is 37.1 Å². The Balaban J connectivity index is 1.52. The van der Waals surface area contributed by atoms with Gasteiger partial charge in [-0.25, -0.2) is 8.78 Å². The summed E-state index contributed by atoms with van der Waals surface area (Å²) in [6.45, 7) is 1.30. The molecule has 0 aliphatic carbocycles. The van der Waals surface area contributed by atoms with Crippen LogP contribution >= 0.6 is 11.3 Å². The zero-order valence-corrected chi connectivity index (χ0v) is 12.2. The second-order valence-corrected chi connectivity index (χ2v) is 6.10. The minimum absolute atomic E-state index is 0.122. The number of likely N-dealkylation sites (tertiary alicyclic amines) is 1. The van der Waals surface area contributed by atoms with Crippen molar-refractivity contribution >= 4 is 11.3 Å². The lowest BCUT2D eigenvalue weighted by Gasteiger charge is -2.30. The molecular formula is C13H16F2N4OS. The Morgan fingerprint density at radius 2 is 2.19 bits per heavy atom. The van der Waals surface area contributed by atoms with Gasteiger partial charge in [-0.2, -0.15) is 4.98 Å². The first kappa shape index (κ1) is 14.5. The Labute approximate surface area is 125 Å². The van der Waals surface area contributed by atoms with Gasteiger partial charge in [0.1, 0.15) is 0 Å². The fraction of sp³-hybridized carbons (Fsp3) is 0.615. The smallest absolute Gasteiger partial charge is 0.251 e. The van der Waals surface area contributed by atoms with E-state index in [0.717, 1.165) is 17.7 Å². The molecule has 1 aliphatic rings. The second kappa shape index (κ2) is 6.57. The number of alkyl halides is 2. The van der Waals surface area contributed by atoms with Crippen molar-refractivity contribution in [3.63, 3.8) is 0 Å². The normalized spacial score (nSPS) is 17.7. The number of rotatable bonds is 5. The molecule has 3 heterocycles. The summed E-state index contributed by atoms with van der Waals surface area (Å²) in [6, 6.07) is 0. The van der Waals surface area contributed by atoms with Crippen LogP contribution in [0, 0.1) is 5.92 Å². The van der Waals surface area contributed by atoms with E-state index >= 15 is 0 Å². The Hall–Kier alpha value is -1.41. The molecule has 3 rings (SSSR count). The maximum atomic E-state index is 12.3. The fourth-order valence-corrected chi connectivity index (χ4v) is 3.12. The Kier molecular flexibility index (Phi) is 4.54. The predicted molar refractivity (Wildman–Crippen MR) is 74.3 cm³/mol. The quantitative estimate of drug-likeness (QED) is 0.849. The van der Waals surface area contributed by atoms with Crippen LogP contribution in [0.2, 0.25) is 0 Å². The molecule has 1 fully saturated rings. The van der Waals surface area contributed by atoms with Crippen LogP contribution in [0.4, 0.5) is 8.78 Å². The number of hydrogen-bond donors (Lipinski definition) is 0. The molecule has 2 aromatic heterocycles. The first-order valence-electron chi connectivity index (χ1n) is 6.92. The van der Waals surface area contributed by atoms with Crippen LogP contribution in [-0.2, 0) is 6.42 Å². The van der Waals surface area contributed by atoms with Crippen LogP contribution in [0.15, 0.2) is 16.2 Å². The van der Waals surface area contributed by atoms with Crippen molar-refractivity contribution in [2.24, 2.45) is 5.92 Å². The van der Waals surface area contributed by atoms with Crippen molar-refractivity contribution in [3.05, 3.63) is 17.6 Å². The molecular weight excluding hydrogens is 298 g/mol. The molecule has 5 nitrogen and oxygen atoms in total. The van der Waals surface area contributed by atoms with E-state index in [-0.39, 0.29) is 6.54 Å². The van der Waals surface area contributed by atoms with E-state index in [9.17, 15) is 8.78 Å². The van der Waals surface area contributed by atoms with Gasteiger partial charge in [-0.3, -0.25) is 9.88 Å². The number of thiazole rings is 1. The third-order valence-corrected chi connectivity index (χ3v) is 4.46. The number of nitrogens with zero attached hydrogens (tertiary/aromatic N) is 4. The van der Waals surface area contributed by atoms with Gasteiger partial charge in [0.25, 0.3) is 6.43 Å². The topological polar surface area (TPSA) is 55.1 Å². The minimum atomic E-state index is -2.25. The van der Waals surface area contributed by atoms with E-state index in [4.69, 9.17) is 4.52 Å². The predicted octanol–water partition coefficient (Wildman–Crippen LogP) is 2.71. The zero-order valence-electron chi connectivity index (χ0n) is 11.4. The van der Waals surface area contributed by atoms with Crippen molar-refractivity contribution in [1.29, 1.82) is 0 Å². The molecule has 21 heavy (non-hydrogen) atoms. The highest BCUT2D eigenvalue weighted by molar-refractivity contribution is 7.13. The molecule has 1 saturated heterocycles. The molecule has 0 radical (unpaired) electrons. The molecule has 8 heteroatoms. The van der Waals surface area contributed by atoms with Crippen LogP contribution in [0.3, 0.4) is 0 Å². The molecule has 0 N–H and O–H groups in total. The van der Waals surface area contributed by atoms with E-state index in [1.807, 2.05) is 4.90 Å². The van der Waals surface area contributed by atoms with E-state index in [1.54, 1.807) is 11.7 Å². The van der Waals surface area contributed by atoms with Crippen molar-refractivity contribution in [2.75, 3.05) is 19.6 Å². The third kappa shape index (κ3) is 3.82. The monoisotopic (exact) mass is 314 g/mol. The first-order valence-corrected chi connectivity index (χ1v) is 7.80. The third-order valence-electron chi connectivity index (χ3n) is 3.69. The van der Waals surface area contributed by atoms with Gasteiger partial charge in [-0.05, 0) is 31.8 Å². The second-order valence-electron chi connectivity index (χ2n) is 5.22. The molecule has 114 valence electrons. The van der Waals surface area contributed by atoms with Crippen molar-refractivity contribution in [3.8, 4) is 10.7 Å². The summed E-state index contributed by atoms with van der Waals surface area (Å²) in [5.41, 5.74) is 1.73. The van der Waals surface area contributed by atoms with Gasteiger partial charge in [0, 0.05) is 12.6 Å². The van der Waals surface area contributed by atoms with Crippen molar-refractivity contribution in [2.45, 2.75) is 25.7 Å². The Morgan fingerprint density at radius 3 is 2.86 bits per heavy atom. The van der Waals surface area contributed by atoms with Crippen molar-refractivity contribution in [1.82, 2.24) is 20.0 Å². The van der Waals surface area contributed by atoms with Gasteiger partial charge < -0.3 is 4.52 Å². The SMILES string of the molecule is FC(F)CN1CCC(Cc2nc(-c3cncs3)no2)CC1. The highest BCUT2D eigenvalue weighted by Gasteiger charge is 2.23. The van der Waals surface area contributed by atoms with Gasteiger partial charge in [0.15, 0.2) is 0 Å². The van der Waals surface area contributed by atoms with Gasteiger partial charge in [0.2, 0.25) is 11.7 Å². The molecule has 0 aromatic carbocycles. The van der Waals surface area contributed by atoms with Gasteiger partial charge in [-0.15, -0.1) is 11.3 Å². The van der Waals surface area contributed by atoms with Crippen LogP contribution in [0.5, 0.6) is 0 Å². The largest absolute Gasteiger partial charge is 0.339 e. The minimum Gasteiger partial charge on any atom is -0.339 e. The standard InChI is InChI=1S/C13H16F2N4OS/c14-11(15)7-19-3-1-9(2-4-19)5-12-17-13(18-20-12)10-6-16-8-21-10/h6,8-9,11H,1-5,7H2. The van der Waals surface area contributed by atoms with Crippen LogP contribution in [0.25, 0.3) is 10.7 Å². The summed E-state index contributed by atoms with van der Waals surface area (Å²) < 4.78 is 29.9. The maximum Gasteiger partial charge on any atom is 0.251 e.